The number of aliphatic hydroxyl groups excluding tert-OH is 1. The molecular weight excluding hydrogens is 202 g/mol. The van der Waals surface area contributed by atoms with Crippen molar-refractivity contribution in [2.75, 3.05) is 13.2 Å². The van der Waals surface area contributed by atoms with Crippen molar-refractivity contribution in [3.63, 3.8) is 0 Å². The summed E-state index contributed by atoms with van der Waals surface area (Å²) in [5.41, 5.74) is 0.275. The maximum Gasteiger partial charge on any atom is 0.335 e. The Hall–Kier alpha value is -1.04. The second-order valence-corrected chi connectivity index (χ2v) is 3.51. The Labute approximate surface area is 86.1 Å². The molecule has 1 rings (SSSR count). The molecule has 1 aromatic rings. The van der Waals surface area contributed by atoms with E-state index in [1.165, 1.54) is 11.9 Å². The minimum Gasteiger partial charge on any atom is -0.478 e. The van der Waals surface area contributed by atoms with Gasteiger partial charge in [0.2, 0.25) is 0 Å². The molecule has 0 amide bonds. The third kappa shape index (κ3) is 3.37. The van der Waals surface area contributed by atoms with Gasteiger partial charge in [-0.05, 0) is 36.2 Å². The van der Waals surface area contributed by atoms with E-state index in [1.807, 2.05) is 0 Å². The average Bonchev–Trinajstić information content (AvgIpc) is 2.19. The van der Waals surface area contributed by atoms with Gasteiger partial charge in [0.05, 0.1) is 12.2 Å². The van der Waals surface area contributed by atoms with Crippen molar-refractivity contribution < 1.29 is 15.0 Å². The summed E-state index contributed by atoms with van der Waals surface area (Å²) in [6.07, 6.45) is 0. The van der Waals surface area contributed by atoms with Crippen LogP contribution in [0.2, 0.25) is 0 Å². The fourth-order valence-electron chi connectivity index (χ4n) is 0.846. The van der Waals surface area contributed by atoms with Gasteiger partial charge >= 0.3 is 5.97 Å². The lowest BCUT2D eigenvalue weighted by atomic mass is 10.2. The van der Waals surface area contributed by atoms with Crippen molar-refractivity contribution >= 4 is 17.9 Å². The van der Waals surface area contributed by atoms with E-state index in [0.717, 1.165) is 4.90 Å². The zero-order chi connectivity index (χ0) is 10.4. The summed E-state index contributed by atoms with van der Waals surface area (Å²) in [6.45, 7) is 0.589. The van der Waals surface area contributed by atoms with Gasteiger partial charge in [0.15, 0.2) is 0 Å². The highest BCUT2D eigenvalue weighted by atomic mass is 32.2. The Morgan fingerprint density at radius 1 is 1.36 bits per heavy atom. The first-order chi connectivity index (χ1) is 6.74. The van der Waals surface area contributed by atoms with Gasteiger partial charge in [0.1, 0.15) is 0 Å². The summed E-state index contributed by atoms with van der Waals surface area (Å²) in [4.78, 5) is 11.4. The Morgan fingerprint density at radius 2 is 2.00 bits per heavy atom. The maximum absolute atomic E-state index is 10.5. The second kappa shape index (κ2) is 5.64. The quantitative estimate of drug-likeness (QED) is 0.502. The molecule has 0 aliphatic carbocycles. The molecule has 0 unspecified atom stereocenters. The predicted octanol–water partition coefficient (Wildman–Crippen LogP) is 0.974. The van der Waals surface area contributed by atoms with Crippen molar-refractivity contribution in [1.82, 2.24) is 4.72 Å². The van der Waals surface area contributed by atoms with Crippen LogP contribution in [0.1, 0.15) is 10.4 Å². The van der Waals surface area contributed by atoms with Crippen LogP contribution in [0.4, 0.5) is 0 Å². The third-order valence-corrected chi connectivity index (χ3v) is 2.36. The van der Waals surface area contributed by atoms with E-state index in [1.54, 1.807) is 24.3 Å². The SMILES string of the molecule is O=C(O)c1ccc(SNCCO)cc1. The van der Waals surface area contributed by atoms with Crippen LogP contribution in [0.15, 0.2) is 29.2 Å². The zero-order valence-electron chi connectivity index (χ0n) is 7.43. The van der Waals surface area contributed by atoms with Crippen LogP contribution >= 0.6 is 11.9 Å². The van der Waals surface area contributed by atoms with Crippen molar-refractivity contribution in [1.29, 1.82) is 0 Å². The number of benzene rings is 1. The topological polar surface area (TPSA) is 69.6 Å². The number of carboxylic acid groups (broad SMARTS) is 1. The number of hydrogen-bond acceptors (Lipinski definition) is 4. The second-order valence-electron chi connectivity index (χ2n) is 2.55. The van der Waals surface area contributed by atoms with Crippen LogP contribution in [0.3, 0.4) is 0 Å². The largest absolute Gasteiger partial charge is 0.478 e. The number of aliphatic hydroxyl groups is 1. The normalized spacial score (nSPS) is 10.1. The molecule has 0 aromatic heterocycles. The van der Waals surface area contributed by atoms with E-state index < -0.39 is 5.97 Å². The summed E-state index contributed by atoms with van der Waals surface area (Å²) < 4.78 is 2.92. The first kappa shape index (κ1) is 11.0. The molecule has 76 valence electrons. The van der Waals surface area contributed by atoms with Gasteiger partial charge in [-0.3, -0.25) is 4.72 Å². The molecule has 5 heteroatoms. The lowest BCUT2D eigenvalue weighted by Crippen LogP contribution is -2.08. The average molecular weight is 213 g/mol. The molecule has 0 heterocycles. The third-order valence-electron chi connectivity index (χ3n) is 1.51. The van der Waals surface area contributed by atoms with E-state index in [9.17, 15) is 4.79 Å². The Kier molecular flexibility index (Phi) is 4.45. The molecule has 1 aromatic carbocycles. The molecule has 0 aliphatic rings. The molecule has 0 bridgehead atoms. The minimum absolute atomic E-state index is 0.0835. The molecule has 0 spiro atoms. The van der Waals surface area contributed by atoms with Gasteiger partial charge < -0.3 is 10.2 Å². The molecule has 0 radical (unpaired) electrons. The van der Waals surface area contributed by atoms with Gasteiger partial charge in [-0.1, -0.05) is 0 Å². The van der Waals surface area contributed by atoms with Crippen LogP contribution in [-0.4, -0.2) is 29.3 Å². The lowest BCUT2D eigenvalue weighted by Gasteiger charge is -2.01. The van der Waals surface area contributed by atoms with E-state index in [-0.39, 0.29) is 12.2 Å². The summed E-state index contributed by atoms with van der Waals surface area (Å²) >= 11 is 1.36. The fraction of sp³-hybridized carbons (Fsp3) is 0.222. The summed E-state index contributed by atoms with van der Waals surface area (Å²) in [5.74, 6) is -0.926. The fourth-order valence-corrected chi connectivity index (χ4v) is 1.48. The van der Waals surface area contributed by atoms with Gasteiger partial charge in [-0.25, -0.2) is 4.79 Å². The van der Waals surface area contributed by atoms with Crippen molar-refractivity contribution in [3.05, 3.63) is 29.8 Å². The molecule has 4 nitrogen and oxygen atoms in total. The number of carbonyl (C=O) groups is 1. The van der Waals surface area contributed by atoms with Crippen molar-refractivity contribution in [2.24, 2.45) is 0 Å². The van der Waals surface area contributed by atoms with Crippen molar-refractivity contribution in [2.45, 2.75) is 4.90 Å². The molecule has 0 saturated heterocycles. The van der Waals surface area contributed by atoms with Crippen LogP contribution in [-0.2, 0) is 0 Å². The molecule has 14 heavy (non-hydrogen) atoms. The summed E-state index contributed by atoms with van der Waals surface area (Å²) in [7, 11) is 0. The highest BCUT2D eigenvalue weighted by Gasteiger charge is 2.01. The highest BCUT2D eigenvalue weighted by molar-refractivity contribution is 7.97. The number of rotatable bonds is 5. The Balaban J connectivity index is 2.51. The maximum atomic E-state index is 10.5. The first-order valence-electron chi connectivity index (χ1n) is 4.08. The monoisotopic (exact) mass is 213 g/mol. The van der Waals surface area contributed by atoms with Crippen LogP contribution in [0.5, 0.6) is 0 Å². The summed E-state index contributed by atoms with van der Waals surface area (Å²) in [5, 5.41) is 17.1. The molecule has 3 N–H and O–H groups in total. The molecular formula is C9H11NO3S. The van der Waals surface area contributed by atoms with Gasteiger partial charge in [0, 0.05) is 11.4 Å². The number of carboxylic acids is 1. The Bertz CT molecular complexity index is 299. The highest BCUT2D eigenvalue weighted by Crippen LogP contribution is 2.14. The standard InChI is InChI=1S/C9H11NO3S/c11-6-5-10-14-8-3-1-7(2-4-8)9(12)13/h1-4,10-11H,5-6H2,(H,12,13). The van der Waals surface area contributed by atoms with E-state index in [2.05, 4.69) is 4.72 Å². The molecule has 0 atom stereocenters. The van der Waals surface area contributed by atoms with Gasteiger partial charge in [0.25, 0.3) is 0 Å². The first-order valence-corrected chi connectivity index (χ1v) is 4.89. The smallest absolute Gasteiger partial charge is 0.335 e. The van der Waals surface area contributed by atoms with Crippen LogP contribution in [0.25, 0.3) is 0 Å². The predicted molar refractivity (Wildman–Crippen MR) is 54.3 cm³/mol. The number of nitrogens with one attached hydrogen (secondary N) is 1. The van der Waals surface area contributed by atoms with Gasteiger partial charge in [-0.2, -0.15) is 0 Å². The summed E-state index contributed by atoms with van der Waals surface area (Å²) in [6, 6.07) is 6.54. The Morgan fingerprint density at radius 3 is 2.50 bits per heavy atom. The van der Waals surface area contributed by atoms with E-state index in [4.69, 9.17) is 10.2 Å². The van der Waals surface area contributed by atoms with Crippen molar-refractivity contribution in [3.8, 4) is 0 Å². The van der Waals surface area contributed by atoms with E-state index in [0.29, 0.717) is 6.54 Å². The molecule has 0 fully saturated rings. The number of aromatic carboxylic acids is 1. The van der Waals surface area contributed by atoms with Gasteiger partial charge in [-0.15, -0.1) is 0 Å². The molecule has 0 aliphatic heterocycles. The van der Waals surface area contributed by atoms with Crippen LogP contribution in [0, 0.1) is 0 Å². The van der Waals surface area contributed by atoms with Crippen LogP contribution < -0.4 is 4.72 Å². The number of hydrogen-bond donors (Lipinski definition) is 3. The lowest BCUT2D eigenvalue weighted by molar-refractivity contribution is 0.0697. The minimum atomic E-state index is -0.926. The molecule has 0 saturated carbocycles. The van der Waals surface area contributed by atoms with E-state index >= 15 is 0 Å². The zero-order valence-corrected chi connectivity index (χ0v) is 8.25.